The molecular weight excluding hydrogens is 420 g/mol. The Balaban J connectivity index is 2.32. The fourth-order valence-corrected chi connectivity index (χ4v) is 3.16. The smallest absolute Gasteiger partial charge is 0.239 e. The van der Waals surface area contributed by atoms with Crippen molar-refractivity contribution in [2.24, 2.45) is 5.73 Å². The van der Waals surface area contributed by atoms with Crippen molar-refractivity contribution in [3.8, 4) is 5.75 Å². The third kappa shape index (κ3) is 13.8. The molecule has 0 saturated heterocycles. The Kier molecular flexibility index (Phi) is 14.8. The van der Waals surface area contributed by atoms with E-state index < -0.39 is 0 Å². The van der Waals surface area contributed by atoms with Gasteiger partial charge < -0.3 is 31.7 Å². The van der Waals surface area contributed by atoms with Gasteiger partial charge in [-0.25, -0.2) is 0 Å². The average Bonchev–Trinajstić information content (AvgIpc) is 2.79. The number of ether oxygens (including phenoxy) is 1. The van der Waals surface area contributed by atoms with E-state index in [1.54, 1.807) is 0 Å². The molecule has 0 aliphatic rings. The van der Waals surface area contributed by atoms with E-state index in [4.69, 9.17) is 15.9 Å². The third-order valence-electron chi connectivity index (χ3n) is 4.86. The van der Waals surface area contributed by atoms with Crippen molar-refractivity contribution >= 4 is 18.2 Å². The van der Waals surface area contributed by atoms with Crippen molar-refractivity contribution < 1.29 is 14.3 Å². The summed E-state index contributed by atoms with van der Waals surface area (Å²) < 4.78 is 5.94. The summed E-state index contributed by atoms with van der Waals surface area (Å²) in [7, 11) is 0. The molecular formula is C24H40N6O3. The minimum absolute atomic E-state index is 0.0266. The first-order valence-electron chi connectivity index (χ1n) is 11.6. The molecule has 0 fully saturated rings. The minimum atomic E-state index is -0.0867. The molecule has 0 saturated carbocycles. The molecule has 0 aliphatic carbocycles. The number of allylic oxidation sites excluding steroid dienone is 1. The number of carbonyl (C=O) groups is 2. The van der Waals surface area contributed by atoms with Gasteiger partial charge in [-0.1, -0.05) is 31.2 Å². The van der Waals surface area contributed by atoms with Crippen LogP contribution in [0.3, 0.4) is 0 Å². The zero-order valence-corrected chi connectivity index (χ0v) is 19.9. The molecule has 1 unspecified atom stereocenters. The van der Waals surface area contributed by atoms with Crippen LogP contribution in [0.1, 0.15) is 45.1 Å². The van der Waals surface area contributed by atoms with Crippen LogP contribution in [0.15, 0.2) is 36.0 Å². The van der Waals surface area contributed by atoms with E-state index in [1.165, 1.54) is 0 Å². The first-order valence-corrected chi connectivity index (χ1v) is 11.6. The van der Waals surface area contributed by atoms with Gasteiger partial charge in [0.2, 0.25) is 12.3 Å². The predicted molar refractivity (Wildman–Crippen MR) is 132 cm³/mol. The number of nitrogens with one attached hydrogen (secondary N) is 5. The van der Waals surface area contributed by atoms with Crippen LogP contribution in [0.25, 0.3) is 0 Å². The number of hydrogen-bond acceptors (Lipinski definition) is 6. The summed E-state index contributed by atoms with van der Waals surface area (Å²) in [4.78, 5) is 22.5. The first-order chi connectivity index (χ1) is 16.0. The lowest BCUT2D eigenvalue weighted by Crippen LogP contribution is -2.40. The van der Waals surface area contributed by atoms with Crippen LogP contribution in [-0.2, 0) is 16.0 Å². The number of nitrogens with two attached hydrogens (primary N) is 1. The van der Waals surface area contributed by atoms with Crippen molar-refractivity contribution in [3.05, 3.63) is 41.6 Å². The molecule has 7 N–H and O–H groups in total. The fourth-order valence-electron chi connectivity index (χ4n) is 3.16. The molecule has 0 aromatic heterocycles. The van der Waals surface area contributed by atoms with Gasteiger partial charge in [-0.05, 0) is 44.2 Å². The van der Waals surface area contributed by atoms with Crippen molar-refractivity contribution in [2.75, 3.05) is 32.8 Å². The molecule has 1 rings (SSSR count). The Morgan fingerprint density at radius 3 is 2.76 bits per heavy atom. The highest BCUT2D eigenvalue weighted by Gasteiger charge is 2.08. The zero-order valence-electron chi connectivity index (χ0n) is 19.9. The molecule has 0 heterocycles. The predicted octanol–water partition coefficient (Wildman–Crippen LogP) is 1.44. The van der Waals surface area contributed by atoms with Gasteiger partial charge in [-0.15, -0.1) is 0 Å². The summed E-state index contributed by atoms with van der Waals surface area (Å²) in [6.45, 7) is 6.61. The molecule has 184 valence electrons. The standard InChI is InChI=1S/C24H40N6O3/c1-3-7-21(29-17-24(32)30-19(2)11-12-23(25)26)16-27-14-15-33-22-10-5-4-8-20(22)9-6-13-28-18-31/h4-5,7-8,10,18-19,27,29H,3,6,9,11-17H2,1-2H3,(H3,25,26)(H,28,31)(H,30,32)/b21-7+. The van der Waals surface area contributed by atoms with Gasteiger partial charge in [-0.2, -0.15) is 0 Å². The molecule has 0 radical (unpaired) electrons. The van der Waals surface area contributed by atoms with E-state index in [1.807, 2.05) is 31.2 Å². The quantitative estimate of drug-likeness (QED) is 0.0798. The summed E-state index contributed by atoms with van der Waals surface area (Å²) in [5, 5.41) is 19.4. The van der Waals surface area contributed by atoms with Crippen LogP contribution in [0.4, 0.5) is 0 Å². The van der Waals surface area contributed by atoms with Crippen LogP contribution < -0.4 is 31.7 Å². The van der Waals surface area contributed by atoms with Crippen LogP contribution >= 0.6 is 0 Å². The minimum Gasteiger partial charge on any atom is -0.492 e. The number of hydrogen-bond donors (Lipinski definition) is 6. The Morgan fingerprint density at radius 2 is 2.03 bits per heavy atom. The number of rotatable bonds is 19. The van der Waals surface area contributed by atoms with Gasteiger partial charge in [0.25, 0.3) is 0 Å². The Bertz CT molecular complexity index is 753. The molecule has 33 heavy (non-hydrogen) atoms. The third-order valence-corrected chi connectivity index (χ3v) is 4.86. The normalized spacial score (nSPS) is 12.0. The molecule has 9 nitrogen and oxygen atoms in total. The lowest BCUT2D eigenvalue weighted by molar-refractivity contribution is -0.120. The number of amidine groups is 1. The summed E-state index contributed by atoms with van der Waals surface area (Å²) in [6.07, 6.45) is 6.47. The van der Waals surface area contributed by atoms with Gasteiger partial charge in [0.1, 0.15) is 12.4 Å². The van der Waals surface area contributed by atoms with Crippen molar-refractivity contribution in [2.45, 2.75) is 52.0 Å². The number of para-hydroxylation sites is 1. The summed E-state index contributed by atoms with van der Waals surface area (Å²) in [5.41, 5.74) is 7.45. The highest BCUT2D eigenvalue weighted by atomic mass is 16.5. The lowest BCUT2D eigenvalue weighted by Gasteiger charge is -2.16. The fraction of sp³-hybridized carbons (Fsp3) is 0.542. The molecule has 0 spiro atoms. The number of benzene rings is 1. The number of amides is 2. The van der Waals surface area contributed by atoms with Gasteiger partial charge in [0.15, 0.2) is 0 Å². The van der Waals surface area contributed by atoms with Crippen LogP contribution in [0.5, 0.6) is 5.75 Å². The SMILES string of the molecule is CC/C=C(\CNCCOc1ccccc1CCCNC=O)NCC(=O)NC(C)CCC(=N)N. The molecule has 1 aromatic carbocycles. The molecule has 1 atom stereocenters. The molecule has 1 aromatic rings. The molecule has 0 bridgehead atoms. The number of carbonyl (C=O) groups excluding carboxylic acids is 2. The lowest BCUT2D eigenvalue weighted by atomic mass is 10.1. The summed E-state index contributed by atoms with van der Waals surface area (Å²) >= 11 is 0. The van der Waals surface area contributed by atoms with Crippen LogP contribution in [-0.4, -0.2) is 57.0 Å². The van der Waals surface area contributed by atoms with Gasteiger partial charge in [0, 0.05) is 37.8 Å². The Hall–Kier alpha value is -3.07. The Morgan fingerprint density at radius 1 is 1.24 bits per heavy atom. The maximum Gasteiger partial charge on any atom is 0.239 e. The van der Waals surface area contributed by atoms with Gasteiger partial charge in [0.05, 0.1) is 12.4 Å². The van der Waals surface area contributed by atoms with E-state index in [0.29, 0.717) is 45.5 Å². The topological polar surface area (TPSA) is 141 Å². The number of aryl methyl sites for hydroxylation is 1. The Labute approximate surface area is 197 Å². The zero-order chi connectivity index (χ0) is 24.3. The summed E-state index contributed by atoms with van der Waals surface area (Å²) in [6, 6.07) is 7.92. The van der Waals surface area contributed by atoms with Crippen molar-refractivity contribution in [1.29, 1.82) is 5.41 Å². The first kappa shape index (κ1) is 28.0. The van der Waals surface area contributed by atoms with E-state index in [0.717, 1.165) is 36.3 Å². The second kappa shape index (κ2) is 17.5. The van der Waals surface area contributed by atoms with Gasteiger partial charge >= 0.3 is 0 Å². The molecule has 0 aliphatic heterocycles. The second-order valence-corrected chi connectivity index (χ2v) is 7.83. The van der Waals surface area contributed by atoms with Crippen LogP contribution in [0, 0.1) is 5.41 Å². The van der Waals surface area contributed by atoms with E-state index >= 15 is 0 Å². The molecule has 9 heteroatoms. The second-order valence-electron chi connectivity index (χ2n) is 7.83. The highest BCUT2D eigenvalue weighted by molar-refractivity contribution is 5.79. The molecule has 2 amide bonds. The monoisotopic (exact) mass is 460 g/mol. The van der Waals surface area contributed by atoms with Crippen molar-refractivity contribution in [1.82, 2.24) is 21.3 Å². The summed E-state index contributed by atoms with van der Waals surface area (Å²) in [5.74, 6) is 0.910. The van der Waals surface area contributed by atoms with Gasteiger partial charge in [-0.3, -0.25) is 15.0 Å². The largest absolute Gasteiger partial charge is 0.492 e. The maximum absolute atomic E-state index is 12.1. The van der Waals surface area contributed by atoms with E-state index in [-0.39, 0.29) is 24.3 Å². The highest BCUT2D eigenvalue weighted by Crippen LogP contribution is 2.19. The van der Waals surface area contributed by atoms with E-state index in [9.17, 15) is 9.59 Å². The van der Waals surface area contributed by atoms with Crippen molar-refractivity contribution in [3.63, 3.8) is 0 Å². The van der Waals surface area contributed by atoms with E-state index in [2.05, 4.69) is 34.3 Å². The average molecular weight is 461 g/mol. The van der Waals surface area contributed by atoms with Crippen LogP contribution in [0.2, 0.25) is 0 Å². The maximum atomic E-state index is 12.1.